The minimum atomic E-state index is -3.43. The lowest BCUT2D eigenvalue weighted by molar-refractivity contribution is 0.189. The molecule has 0 radical (unpaired) electrons. The predicted molar refractivity (Wildman–Crippen MR) is 72.5 cm³/mol. The van der Waals surface area contributed by atoms with Crippen LogP contribution in [0.15, 0.2) is 23.1 Å². The van der Waals surface area contributed by atoms with Gasteiger partial charge in [0.1, 0.15) is 0 Å². The van der Waals surface area contributed by atoms with E-state index in [9.17, 15) is 13.5 Å². The van der Waals surface area contributed by atoms with Gasteiger partial charge in [0.2, 0.25) is 10.0 Å². The van der Waals surface area contributed by atoms with E-state index in [0.717, 1.165) is 19.3 Å². The van der Waals surface area contributed by atoms with Gasteiger partial charge in [0.15, 0.2) is 0 Å². The van der Waals surface area contributed by atoms with Crippen LogP contribution in [0.4, 0.5) is 0 Å². The van der Waals surface area contributed by atoms with Crippen LogP contribution in [-0.2, 0) is 22.9 Å². The molecule has 4 nitrogen and oxygen atoms in total. The number of aryl methyl sites for hydroxylation is 2. The number of aliphatic hydroxyl groups is 1. The number of β-amino-alcohol motifs (C(OH)–C–C–N with tert-alkyl or cyclic N) is 1. The van der Waals surface area contributed by atoms with Crippen LogP contribution in [0.2, 0.25) is 0 Å². The van der Waals surface area contributed by atoms with Crippen molar-refractivity contribution in [2.45, 2.75) is 43.1 Å². The van der Waals surface area contributed by atoms with Crippen molar-refractivity contribution < 1.29 is 13.5 Å². The molecule has 1 aliphatic heterocycles. The van der Waals surface area contributed by atoms with Crippen LogP contribution in [0.5, 0.6) is 0 Å². The van der Waals surface area contributed by atoms with E-state index in [-0.39, 0.29) is 6.54 Å². The van der Waals surface area contributed by atoms with E-state index in [0.29, 0.717) is 17.9 Å². The third kappa shape index (κ3) is 2.42. The van der Waals surface area contributed by atoms with E-state index in [4.69, 9.17) is 0 Å². The van der Waals surface area contributed by atoms with Gasteiger partial charge in [-0.1, -0.05) is 6.07 Å². The lowest BCUT2D eigenvalue weighted by Crippen LogP contribution is -2.29. The summed E-state index contributed by atoms with van der Waals surface area (Å²) in [5.41, 5.74) is 2.46. The van der Waals surface area contributed by atoms with E-state index in [1.54, 1.807) is 6.07 Å². The van der Waals surface area contributed by atoms with Gasteiger partial charge < -0.3 is 5.11 Å². The number of rotatable bonds is 2. The zero-order valence-electron chi connectivity index (χ0n) is 10.9. The molecule has 1 N–H and O–H groups in total. The number of benzene rings is 1. The summed E-state index contributed by atoms with van der Waals surface area (Å²) in [5, 5.41) is 9.50. The van der Waals surface area contributed by atoms with E-state index in [1.807, 2.05) is 12.1 Å². The van der Waals surface area contributed by atoms with Crippen LogP contribution in [0.3, 0.4) is 0 Å². The molecule has 0 amide bonds. The first-order valence-corrected chi connectivity index (χ1v) is 8.31. The fraction of sp³-hybridized carbons (Fsp3) is 0.571. The van der Waals surface area contributed by atoms with Crippen LogP contribution in [0, 0.1) is 0 Å². The van der Waals surface area contributed by atoms with Gasteiger partial charge in [-0.15, -0.1) is 0 Å². The molecule has 5 heteroatoms. The van der Waals surface area contributed by atoms with Gasteiger partial charge in [-0.2, -0.15) is 4.31 Å². The maximum absolute atomic E-state index is 12.5. The molecule has 19 heavy (non-hydrogen) atoms. The summed E-state index contributed by atoms with van der Waals surface area (Å²) in [6.45, 7) is 0.639. The Bertz CT molecular complexity index is 582. The molecule has 1 aromatic rings. The largest absolute Gasteiger partial charge is 0.392 e. The van der Waals surface area contributed by atoms with E-state index >= 15 is 0 Å². The molecule has 1 atom stereocenters. The molecule has 0 bridgehead atoms. The zero-order chi connectivity index (χ0) is 13.5. The Hall–Kier alpha value is -0.910. The second-order valence-electron chi connectivity index (χ2n) is 5.44. The van der Waals surface area contributed by atoms with Crippen molar-refractivity contribution in [3.05, 3.63) is 29.3 Å². The highest BCUT2D eigenvalue weighted by Crippen LogP contribution is 2.27. The second kappa shape index (κ2) is 4.89. The molecule has 1 fully saturated rings. The minimum Gasteiger partial charge on any atom is -0.392 e. The van der Waals surface area contributed by atoms with E-state index < -0.39 is 16.1 Å². The van der Waals surface area contributed by atoms with Crippen molar-refractivity contribution in [2.75, 3.05) is 13.1 Å². The summed E-state index contributed by atoms with van der Waals surface area (Å²) < 4.78 is 26.4. The highest BCUT2D eigenvalue weighted by atomic mass is 32.2. The third-order valence-electron chi connectivity index (χ3n) is 4.08. The summed E-state index contributed by atoms with van der Waals surface area (Å²) in [5.74, 6) is 0. The summed E-state index contributed by atoms with van der Waals surface area (Å²) in [6.07, 6.45) is 4.37. The molecule has 3 rings (SSSR count). The lowest BCUT2D eigenvalue weighted by atomic mass is 9.92. The predicted octanol–water partition coefficient (Wildman–Crippen LogP) is 1.32. The molecule has 1 aromatic carbocycles. The molecule has 0 saturated carbocycles. The second-order valence-corrected chi connectivity index (χ2v) is 7.38. The molecule has 1 aliphatic carbocycles. The van der Waals surface area contributed by atoms with Crippen molar-refractivity contribution in [2.24, 2.45) is 0 Å². The maximum Gasteiger partial charge on any atom is 0.243 e. The van der Waals surface area contributed by atoms with Crippen molar-refractivity contribution in [1.82, 2.24) is 4.31 Å². The topological polar surface area (TPSA) is 57.6 Å². The number of sulfonamides is 1. The van der Waals surface area contributed by atoms with Crippen LogP contribution in [0.1, 0.15) is 30.4 Å². The van der Waals surface area contributed by atoms with Gasteiger partial charge >= 0.3 is 0 Å². The zero-order valence-corrected chi connectivity index (χ0v) is 11.7. The maximum atomic E-state index is 12.5. The van der Waals surface area contributed by atoms with E-state index in [1.165, 1.54) is 21.9 Å². The summed E-state index contributed by atoms with van der Waals surface area (Å²) in [7, 11) is -3.43. The van der Waals surface area contributed by atoms with Gasteiger partial charge in [-0.05, 0) is 55.4 Å². The molecule has 0 unspecified atom stereocenters. The van der Waals surface area contributed by atoms with Gasteiger partial charge in [-0.25, -0.2) is 8.42 Å². The average molecular weight is 281 g/mol. The highest BCUT2D eigenvalue weighted by Gasteiger charge is 2.31. The number of nitrogens with zero attached hydrogens (tertiary/aromatic N) is 1. The molecule has 0 spiro atoms. The lowest BCUT2D eigenvalue weighted by Gasteiger charge is -2.19. The standard InChI is InChI=1S/C14H19NO3S/c16-13-7-8-15(10-13)19(17,18)14-6-5-11-3-1-2-4-12(11)9-14/h5-6,9,13,16H,1-4,7-8,10H2/t13-/m1/s1. The smallest absolute Gasteiger partial charge is 0.243 e. The SMILES string of the molecule is O=S(=O)(c1ccc2c(c1)CCCC2)N1CC[C@@H](O)C1. The Morgan fingerprint density at radius 2 is 1.89 bits per heavy atom. The Morgan fingerprint density at radius 1 is 1.16 bits per heavy atom. The monoisotopic (exact) mass is 281 g/mol. The van der Waals surface area contributed by atoms with Crippen LogP contribution >= 0.6 is 0 Å². The number of hydrogen-bond donors (Lipinski definition) is 1. The summed E-state index contributed by atoms with van der Waals surface area (Å²) >= 11 is 0. The summed E-state index contributed by atoms with van der Waals surface area (Å²) in [4.78, 5) is 0.377. The normalized spacial score (nSPS) is 24.4. The van der Waals surface area contributed by atoms with Gasteiger partial charge in [0.25, 0.3) is 0 Å². The van der Waals surface area contributed by atoms with Gasteiger partial charge in [0, 0.05) is 13.1 Å². The van der Waals surface area contributed by atoms with Crippen molar-refractivity contribution in [3.8, 4) is 0 Å². The molecule has 104 valence electrons. The molecular formula is C14H19NO3S. The Labute approximate surface area is 114 Å². The number of fused-ring (bicyclic) bond motifs is 1. The molecule has 1 heterocycles. The number of aliphatic hydroxyl groups excluding tert-OH is 1. The van der Waals surface area contributed by atoms with Crippen LogP contribution in [0.25, 0.3) is 0 Å². The first-order chi connectivity index (χ1) is 9.07. The minimum absolute atomic E-state index is 0.222. The fourth-order valence-corrected chi connectivity index (χ4v) is 4.49. The molecule has 0 aromatic heterocycles. The van der Waals surface area contributed by atoms with Crippen LogP contribution in [-0.4, -0.2) is 37.0 Å². The molecule has 2 aliphatic rings. The summed E-state index contributed by atoms with van der Waals surface area (Å²) in [6, 6.07) is 5.49. The molecular weight excluding hydrogens is 262 g/mol. The quantitative estimate of drug-likeness (QED) is 0.889. The average Bonchev–Trinajstić information content (AvgIpc) is 2.85. The van der Waals surface area contributed by atoms with Gasteiger partial charge in [0.05, 0.1) is 11.0 Å². The van der Waals surface area contributed by atoms with Gasteiger partial charge in [-0.3, -0.25) is 0 Å². The van der Waals surface area contributed by atoms with Crippen molar-refractivity contribution in [3.63, 3.8) is 0 Å². The first-order valence-electron chi connectivity index (χ1n) is 6.87. The Kier molecular flexibility index (Phi) is 3.37. The van der Waals surface area contributed by atoms with Crippen LogP contribution < -0.4 is 0 Å². The first kappa shape index (κ1) is 13.1. The Morgan fingerprint density at radius 3 is 2.58 bits per heavy atom. The Balaban J connectivity index is 1.93. The highest BCUT2D eigenvalue weighted by molar-refractivity contribution is 7.89. The van der Waals surface area contributed by atoms with Crippen molar-refractivity contribution >= 4 is 10.0 Å². The number of hydrogen-bond acceptors (Lipinski definition) is 3. The fourth-order valence-electron chi connectivity index (χ4n) is 2.95. The third-order valence-corrected chi connectivity index (χ3v) is 5.94. The van der Waals surface area contributed by atoms with E-state index in [2.05, 4.69) is 0 Å². The van der Waals surface area contributed by atoms with Crippen molar-refractivity contribution in [1.29, 1.82) is 0 Å². The molecule has 1 saturated heterocycles.